The monoisotopic (exact) mass is 404 g/mol. The molecule has 0 aliphatic carbocycles. The van der Waals surface area contributed by atoms with Crippen LogP contribution in [-0.2, 0) is 0 Å². The summed E-state index contributed by atoms with van der Waals surface area (Å²) in [6, 6.07) is 9.73. The van der Waals surface area contributed by atoms with Gasteiger partial charge in [-0.1, -0.05) is 0 Å². The summed E-state index contributed by atoms with van der Waals surface area (Å²) in [5.41, 5.74) is 0. The van der Waals surface area contributed by atoms with Crippen LogP contribution < -0.4 is 19.3 Å². The summed E-state index contributed by atoms with van der Waals surface area (Å²) in [4.78, 5) is 21.7. The largest absolute Gasteiger partial charge is 0.487 e. The lowest BCUT2D eigenvalue weighted by atomic mass is 10.3. The minimum atomic E-state index is 0.136. The first kappa shape index (κ1) is 18.6. The predicted molar refractivity (Wildman–Crippen MR) is 113 cm³/mol. The summed E-state index contributed by atoms with van der Waals surface area (Å²) in [6.07, 6.45) is 10.8. The molecule has 2 atom stereocenters. The Balaban J connectivity index is 1.20. The molecule has 0 spiro atoms. The molecule has 154 valence electrons. The maximum atomic E-state index is 6.05. The van der Waals surface area contributed by atoms with E-state index >= 15 is 0 Å². The molecular weight excluding hydrogens is 380 g/mol. The minimum absolute atomic E-state index is 0.136. The first-order valence-electron chi connectivity index (χ1n) is 10.3. The zero-order chi connectivity index (χ0) is 20.2. The van der Waals surface area contributed by atoms with Gasteiger partial charge >= 0.3 is 0 Å². The third-order valence-corrected chi connectivity index (χ3v) is 5.45. The Bertz CT molecular complexity index is 883. The van der Waals surface area contributed by atoms with Crippen LogP contribution >= 0.6 is 0 Å². The zero-order valence-corrected chi connectivity index (χ0v) is 16.7. The highest BCUT2D eigenvalue weighted by molar-refractivity contribution is 5.51. The third-order valence-electron chi connectivity index (χ3n) is 5.45. The highest BCUT2D eigenvalue weighted by Gasteiger charge is 2.28. The molecule has 2 saturated heterocycles. The topological polar surface area (TPSA) is 76.5 Å². The molecule has 0 aromatic carbocycles. The van der Waals surface area contributed by atoms with Crippen molar-refractivity contribution >= 4 is 11.6 Å². The van der Waals surface area contributed by atoms with Crippen molar-refractivity contribution in [3.63, 3.8) is 0 Å². The summed E-state index contributed by atoms with van der Waals surface area (Å²) in [7, 11) is 0. The second-order valence-electron chi connectivity index (χ2n) is 7.56. The van der Waals surface area contributed by atoms with E-state index in [0.29, 0.717) is 0 Å². The van der Waals surface area contributed by atoms with E-state index in [9.17, 15) is 0 Å². The Morgan fingerprint density at radius 1 is 0.767 bits per heavy atom. The molecule has 0 radical (unpaired) electrons. The van der Waals surface area contributed by atoms with E-state index in [1.807, 2.05) is 24.3 Å². The second-order valence-corrected chi connectivity index (χ2v) is 7.56. The number of rotatable bonds is 6. The lowest BCUT2D eigenvalue weighted by molar-refractivity contribution is 0.224. The fourth-order valence-corrected chi connectivity index (χ4v) is 3.97. The van der Waals surface area contributed by atoms with Crippen LogP contribution in [0.25, 0.3) is 0 Å². The van der Waals surface area contributed by atoms with Crippen LogP contribution in [0.15, 0.2) is 61.4 Å². The molecule has 3 aromatic heterocycles. The van der Waals surface area contributed by atoms with Crippen LogP contribution in [0.4, 0.5) is 11.6 Å². The van der Waals surface area contributed by atoms with Gasteiger partial charge in [0.2, 0.25) is 0 Å². The normalized spacial score (nSPS) is 21.1. The number of hydrogen-bond acceptors (Lipinski definition) is 8. The molecule has 8 nitrogen and oxygen atoms in total. The van der Waals surface area contributed by atoms with Gasteiger partial charge in [-0.25, -0.2) is 9.97 Å². The fraction of sp³-hybridized carbons (Fsp3) is 0.364. The van der Waals surface area contributed by atoms with Gasteiger partial charge in [0.15, 0.2) is 0 Å². The second kappa shape index (κ2) is 8.52. The van der Waals surface area contributed by atoms with Gasteiger partial charge in [-0.05, 0) is 24.3 Å². The number of ether oxygens (including phenoxy) is 2. The molecule has 2 aliphatic rings. The van der Waals surface area contributed by atoms with Gasteiger partial charge in [-0.2, -0.15) is 0 Å². The number of nitrogens with zero attached hydrogens (tertiary/aromatic N) is 6. The van der Waals surface area contributed by atoms with E-state index in [2.05, 4.69) is 35.8 Å². The Kier molecular flexibility index (Phi) is 5.28. The lowest BCUT2D eigenvalue weighted by Gasteiger charge is -2.21. The van der Waals surface area contributed by atoms with Gasteiger partial charge in [-0.15, -0.1) is 0 Å². The molecule has 2 unspecified atom stereocenters. The molecule has 0 saturated carbocycles. The Morgan fingerprint density at radius 3 is 1.77 bits per heavy atom. The van der Waals surface area contributed by atoms with Crippen LogP contribution in [0.1, 0.15) is 12.8 Å². The van der Waals surface area contributed by atoms with Crippen molar-refractivity contribution in [3.8, 4) is 11.5 Å². The lowest BCUT2D eigenvalue weighted by Crippen LogP contribution is -2.27. The van der Waals surface area contributed by atoms with E-state index < -0.39 is 0 Å². The predicted octanol–water partition coefficient (Wildman–Crippen LogP) is 2.58. The molecule has 0 amide bonds. The first-order chi connectivity index (χ1) is 14.8. The summed E-state index contributed by atoms with van der Waals surface area (Å²) in [5, 5.41) is 0. The van der Waals surface area contributed by atoms with E-state index in [4.69, 9.17) is 9.47 Å². The van der Waals surface area contributed by atoms with Crippen LogP contribution in [0, 0.1) is 0 Å². The van der Waals surface area contributed by atoms with Crippen molar-refractivity contribution in [2.24, 2.45) is 0 Å². The SMILES string of the molecule is c1cncc(OC2CCN(c3cc(N4CCC(Oc5cccnc5)C4)ncn3)C2)c1. The molecule has 5 heterocycles. The molecule has 2 fully saturated rings. The van der Waals surface area contributed by atoms with Gasteiger partial charge in [0.1, 0.15) is 41.7 Å². The van der Waals surface area contributed by atoms with Crippen molar-refractivity contribution in [2.45, 2.75) is 25.0 Å². The van der Waals surface area contributed by atoms with E-state index in [-0.39, 0.29) is 12.2 Å². The highest BCUT2D eigenvalue weighted by atomic mass is 16.5. The van der Waals surface area contributed by atoms with Crippen molar-refractivity contribution in [2.75, 3.05) is 36.0 Å². The van der Waals surface area contributed by atoms with E-state index in [1.165, 1.54) is 0 Å². The average Bonchev–Trinajstić information content (AvgIpc) is 3.45. The molecule has 30 heavy (non-hydrogen) atoms. The van der Waals surface area contributed by atoms with Crippen LogP contribution in [0.2, 0.25) is 0 Å². The van der Waals surface area contributed by atoms with Gasteiger partial charge in [0.05, 0.1) is 25.5 Å². The zero-order valence-electron chi connectivity index (χ0n) is 16.7. The maximum Gasteiger partial charge on any atom is 0.138 e. The van der Waals surface area contributed by atoms with Crippen LogP contribution in [0.3, 0.4) is 0 Å². The first-order valence-corrected chi connectivity index (χ1v) is 10.3. The summed E-state index contributed by atoms with van der Waals surface area (Å²) < 4.78 is 12.1. The molecule has 2 aliphatic heterocycles. The molecule has 3 aromatic rings. The quantitative estimate of drug-likeness (QED) is 0.621. The summed E-state index contributed by atoms with van der Waals surface area (Å²) in [6.45, 7) is 3.43. The number of aromatic nitrogens is 4. The Labute approximate surface area is 175 Å². The number of hydrogen-bond donors (Lipinski definition) is 0. The molecule has 5 rings (SSSR count). The third kappa shape index (κ3) is 4.27. The van der Waals surface area contributed by atoms with Crippen molar-refractivity contribution < 1.29 is 9.47 Å². The van der Waals surface area contributed by atoms with Gasteiger partial charge in [0, 0.05) is 44.4 Å². The molecule has 8 heteroatoms. The molecular formula is C22H24N6O2. The van der Waals surface area contributed by atoms with Gasteiger partial charge in [-0.3, -0.25) is 9.97 Å². The number of anilines is 2. The van der Waals surface area contributed by atoms with E-state index in [1.54, 1.807) is 31.1 Å². The van der Waals surface area contributed by atoms with Gasteiger partial charge < -0.3 is 19.3 Å². The average molecular weight is 404 g/mol. The van der Waals surface area contributed by atoms with E-state index in [0.717, 1.165) is 62.2 Å². The maximum absolute atomic E-state index is 6.05. The molecule has 0 N–H and O–H groups in total. The summed E-state index contributed by atoms with van der Waals surface area (Å²) in [5.74, 6) is 3.50. The van der Waals surface area contributed by atoms with Crippen LogP contribution in [0.5, 0.6) is 11.5 Å². The Hall–Kier alpha value is -3.42. The highest BCUT2D eigenvalue weighted by Crippen LogP contribution is 2.26. The minimum Gasteiger partial charge on any atom is -0.487 e. The summed E-state index contributed by atoms with van der Waals surface area (Å²) >= 11 is 0. The fourth-order valence-electron chi connectivity index (χ4n) is 3.97. The standard InChI is InChI=1S/C22H24N6O2/c1-3-17(12-23-7-1)29-19-5-9-27(14-19)21-11-22(26-16-25-21)28-10-6-20(15-28)30-18-4-2-8-24-13-18/h1-4,7-8,11-13,16,19-20H,5-6,9-10,14-15H2. The van der Waals surface area contributed by atoms with Crippen molar-refractivity contribution in [1.82, 2.24) is 19.9 Å². The van der Waals surface area contributed by atoms with Gasteiger partial charge in [0.25, 0.3) is 0 Å². The Morgan fingerprint density at radius 2 is 1.30 bits per heavy atom. The van der Waals surface area contributed by atoms with Crippen molar-refractivity contribution in [1.29, 1.82) is 0 Å². The van der Waals surface area contributed by atoms with Crippen LogP contribution in [-0.4, -0.2) is 58.3 Å². The molecule has 0 bridgehead atoms. The smallest absolute Gasteiger partial charge is 0.138 e. The number of pyridine rings is 2. The van der Waals surface area contributed by atoms with Crippen molar-refractivity contribution in [3.05, 3.63) is 61.4 Å².